The van der Waals surface area contributed by atoms with Crippen LogP contribution in [0.15, 0.2) is 18.2 Å². The van der Waals surface area contributed by atoms with Crippen LogP contribution in [0.25, 0.3) is 0 Å². The summed E-state index contributed by atoms with van der Waals surface area (Å²) in [4.78, 5) is 0. The van der Waals surface area contributed by atoms with E-state index in [0.29, 0.717) is 0 Å². The standard InChI is InChI=1S/C9H10F3N/c1-9(12,5-13)8-6(10)3-2-4-7(8)11/h2-4H,5,13H2,1H3. The SMILES string of the molecule is CC(F)(CN)c1c(F)cccc1F. The Balaban J connectivity index is 3.28. The molecule has 4 heteroatoms. The molecular formula is C9H10F3N. The highest BCUT2D eigenvalue weighted by Crippen LogP contribution is 2.28. The molecule has 1 atom stereocenters. The van der Waals surface area contributed by atoms with Crippen LogP contribution in [0.1, 0.15) is 12.5 Å². The predicted molar refractivity (Wildman–Crippen MR) is 43.9 cm³/mol. The van der Waals surface area contributed by atoms with Gasteiger partial charge in [-0.1, -0.05) is 6.07 Å². The Kier molecular flexibility index (Phi) is 2.61. The van der Waals surface area contributed by atoms with E-state index in [2.05, 4.69) is 0 Å². The maximum atomic E-state index is 13.5. The number of halogens is 3. The van der Waals surface area contributed by atoms with Crippen molar-refractivity contribution in [2.75, 3.05) is 6.54 Å². The van der Waals surface area contributed by atoms with E-state index in [-0.39, 0.29) is 0 Å². The zero-order valence-corrected chi connectivity index (χ0v) is 7.15. The van der Waals surface area contributed by atoms with E-state index in [9.17, 15) is 13.2 Å². The summed E-state index contributed by atoms with van der Waals surface area (Å²) in [7, 11) is 0. The second-order valence-corrected chi connectivity index (χ2v) is 3.00. The van der Waals surface area contributed by atoms with Gasteiger partial charge in [0.1, 0.15) is 11.6 Å². The van der Waals surface area contributed by atoms with Crippen LogP contribution in [-0.2, 0) is 5.67 Å². The summed E-state index contributed by atoms with van der Waals surface area (Å²) >= 11 is 0. The van der Waals surface area contributed by atoms with Crippen molar-refractivity contribution >= 4 is 0 Å². The van der Waals surface area contributed by atoms with Crippen molar-refractivity contribution < 1.29 is 13.2 Å². The van der Waals surface area contributed by atoms with Crippen molar-refractivity contribution in [1.29, 1.82) is 0 Å². The van der Waals surface area contributed by atoms with E-state index in [1.807, 2.05) is 0 Å². The lowest BCUT2D eigenvalue weighted by molar-refractivity contribution is 0.189. The zero-order valence-electron chi connectivity index (χ0n) is 7.15. The fourth-order valence-electron chi connectivity index (χ4n) is 1.10. The molecule has 1 nitrogen and oxygen atoms in total. The van der Waals surface area contributed by atoms with Gasteiger partial charge >= 0.3 is 0 Å². The molecule has 72 valence electrons. The van der Waals surface area contributed by atoms with Gasteiger partial charge in [-0.05, 0) is 19.1 Å². The molecule has 0 aliphatic rings. The third-order valence-corrected chi connectivity index (χ3v) is 1.87. The van der Waals surface area contributed by atoms with Crippen LogP contribution in [0.5, 0.6) is 0 Å². The van der Waals surface area contributed by atoms with Crippen LogP contribution in [-0.4, -0.2) is 6.54 Å². The van der Waals surface area contributed by atoms with E-state index < -0.39 is 29.4 Å². The van der Waals surface area contributed by atoms with Crippen molar-refractivity contribution in [1.82, 2.24) is 0 Å². The van der Waals surface area contributed by atoms with Crippen LogP contribution in [0, 0.1) is 11.6 Å². The molecule has 1 rings (SSSR count). The van der Waals surface area contributed by atoms with Crippen molar-refractivity contribution in [2.24, 2.45) is 5.73 Å². The van der Waals surface area contributed by atoms with E-state index in [1.54, 1.807) is 0 Å². The number of hydrogen-bond acceptors (Lipinski definition) is 1. The summed E-state index contributed by atoms with van der Waals surface area (Å²) in [5.74, 6) is -1.81. The first-order valence-electron chi connectivity index (χ1n) is 3.82. The van der Waals surface area contributed by atoms with Crippen molar-refractivity contribution in [3.8, 4) is 0 Å². The largest absolute Gasteiger partial charge is 0.327 e. The topological polar surface area (TPSA) is 26.0 Å². The molecule has 0 heterocycles. The van der Waals surface area contributed by atoms with Gasteiger partial charge in [-0.25, -0.2) is 13.2 Å². The third-order valence-electron chi connectivity index (χ3n) is 1.87. The molecule has 0 bridgehead atoms. The summed E-state index contributed by atoms with van der Waals surface area (Å²) in [6.07, 6.45) is 0. The number of rotatable bonds is 2. The molecule has 0 saturated carbocycles. The molecule has 2 N–H and O–H groups in total. The summed E-state index contributed by atoms with van der Waals surface area (Å²) in [6, 6.07) is 3.19. The first kappa shape index (κ1) is 10.1. The highest BCUT2D eigenvalue weighted by Gasteiger charge is 2.30. The Morgan fingerprint density at radius 1 is 1.31 bits per heavy atom. The molecule has 13 heavy (non-hydrogen) atoms. The molecule has 1 unspecified atom stereocenters. The van der Waals surface area contributed by atoms with Crippen molar-refractivity contribution in [2.45, 2.75) is 12.6 Å². The molecule has 0 aliphatic heterocycles. The minimum absolute atomic E-state index is 0.454. The monoisotopic (exact) mass is 189 g/mol. The summed E-state index contributed by atoms with van der Waals surface area (Å²) in [6.45, 7) is 0.597. The first-order chi connectivity index (χ1) is 5.99. The Morgan fingerprint density at radius 3 is 2.15 bits per heavy atom. The first-order valence-corrected chi connectivity index (χ1v) is 3.82. The lowest BCUT2D eigenvalue weighted by Crippen LogP contribution is -2.29. The van der Waals surface area contributed by atoms with Crippen LogP contribution in [0.2, 0.25) is 0 Å². The van der Waals surface area contributed by atoms with Crippen molar-refractivity contribution in [3.05, 3.63) is 35.4 Å². The predicted octanol–water partition coefficient (Wildman–Crippen LogP) is 2.11. The van der Waals surface area contributed by atoms with Crippen LogP contribution < -0.4 is 5.73 Å². The number of hydrogen-bond donors (Lipinski definition) is 1. The van der Waals surface area contributed by atoms with Gasteiger partial charge in [-0.3, -0.25) is 0 Å². The van der Waals surface area contributed by atoms with E-state index in [0.717, 1.165) is 19.1 Å². The Hall–Kier alpha value is -1.03. The van der Waals surface area contributed by atoms with Gasteiger partial charge in [0, 0.05) is 6.54 Å². The lowest BCUT2D eigenvalue weighted by Gasteiger charge is -2.19. The molecule has 0 amide bonds. The van der Waals surface area contributed by atoms with E-state index >= 15 is 0 Å². The number of nitrogens with two attached hydrogens (primary N) is 1. The fraction of sp³-hybridized carbons (Fsp3) is 0.333. The molecule has 0 spiro atoms. The second kappa shape index (κ2) is 3.38. The number of alkyl halides is 1. The second-order valence-electron chi connectivity index (χ2n) is 3.00. The van der Waals surface area contributed by atoms with Crippen LogP contribution in [0.4, 0.5) is 13.2 Å². The molecular weight excluding hydrogens is 179 g/mol. The minimum Gasteiger partial charge on any atom is -0.327 e. The summed E-state index contributed by atoms with van der Waals surface area (Å²) in [5, 5.41) is 0. The van der Waals surface area contributed by atoms with Gasteiger partial charge < -0.3 is 5.73 Å². The maximum absolute atomic E-state index is 13.5. The van der Waals surface area contributed by atoms with Gasteiger partial charge in [0.25, 0.3) is 0 Å². The Morgan fingerprint density at radius 2 is 1.77 bits per heavy atom. The molecule has 0 radical (unpaired) electrons. The Labute approximate surface area is 74.4 Å². The van der Waals surface area contributed by atoms with Gasteiger partial charge in [-0.2, -0.15) is 0 Å². The fourth-order valence-corrected chi connectivity index (χ4v) is 1.10. The van der Waals surface area contributed by atoms with Gasteiger partial charge in [0.15, 0.2) is 5.67 Å². The van der Waals surface area contributed by atoms with Crippen molar-refractivity contribution in [3.63, 3.8) is 0 Å². The van der Waals surface area contributed by atoms with Crippen LogP contribution in [0.3, 0.4) is 0 Å². The number of benzene rings is 1. The highest BCUT2D eigenvalue weighted by molar-refractivity contribution is 5.26. The molecule has 0 saturated heterocycles. The van der Waals surface area contributed by atoms with Crippen LogP contribution >= 0.6 is 0 Å². The molecule has 0 aromatic heterocycles. The Bertz CT molecular complexity index is 289. The minimum atomic E-state index is -2.16. The molecule has 1 aromatic rings. The quantitative estimate of drug-likeness (QED) is 0.757. The van der Waals surface area contributed by atoms with Gasteiger partial charge in [0.2, 0.25) is 0 Å². The van der Waals surface area contributed by atoms with E-state index in [1.165, 1.54) is 6.07 Å². The highest BCUT2D eigenvalue weighted by atomic mass is 19.2. The molecule has 0 aliphatic carbocycles. The van der Waals surface area contributed by atoms with Gasteiger partial charge in [0.05, 0.1) is 5.56 Å². The maximum Gasteiger partial charge on any atom is 0.151 e. The van der Waals surface area contributed by atoms with E-state index in [4.69, 9.17) is 5.73 Å². The molecule has 1 aromatic carbocycles. The summed E-state index contributed by atoms with van der Waals surface area (Å²) < 4.78 is 39.5. The average Bonchev–Trinajstić information content (AvgIpc) is 2.03. The normalized spacial score (nSPS) is 15.5. The summed E-state index contributed by atoms with van der Waals surface area (Å²) in [5.41, 5.74) is 2.31. The third kappa shape index (κ3) is 1.83. The lowest BCUT2D eigenvalue weighted by atomic mass is 9.97. The van der Waals surface area contributed by atoms with Gasteiger partial charge in [-0.15, -0.1) is 0 Å². The smallest absolute Gasteiger partial charge is 0.151 e. The molecule has 0 fully saturated rings. The zero-order chi connectivity index (χ0) is 10.1. The average molecular weight is 189 g/mol.